The number of rotatable bonds is 26. The molecule has 22 heteroatoms. The van der Waals surface area contributed by atoms with E-state index in [9.17, 15) is 58.4 Å². The van der Waals surface area contributed by atoms with Crippen molar-refractivity contribution in [3.05, 3.63) is 233 Å². The van der Waals surface area contributed by atoms with Gasteiger partial charge in [-0.05, 0) is 171 Å². The summed E-state index contributed by atoms with van der Waals surface area (Å²) in [5.41, 5.74) is -16.7. The van der Waals surface area contributed by atoms with E-state index in [-0.39, 0.29) is 63.1 Å². The van der Waals surface area contributed by atoms with Gasteiger partial charge in [0.1, 0.15) is 24.7 Å². The smallest absolute Gasteiger partial charge is 0.336 e. The van der Waals surface area contributed by atoms with E-state index in [4.69, 9.17) is 39.8 Å². The van der Waals surface area contributed by atoms with Gasteiger partial charge in [0.2, 0.25) is 11.8 Å². The fraction of sp³-hybridized carbons (Fsp3) is 0.378. The number of benzene rings is 6. The van der Waals surface area contributed by atoms with E-state index in [2.05, 4.69) is 9.97 Å². The minimum Gasteiger partial charge on any atom is -0.336 e. The molecule has 0 aliphatic heterocycles. The highest BCUT2D eigenvalue weighted by atomic mass is 32.2. The number of likely N-dealkylation sites (N-methyl/N-ethyl adjacent to an activating group) is 2. The Hall–Kier alpha value is -7.92. The number of amides is 2. The Labute approximate surface area is 608 Å². The zero-order chi connectivity index (χ0) is 97.3. The van der Waals surface area contributed by atoms with Crippen LogP contribution in [-0.2, 0) is 78.5 Å². The molecular weight excluding hydrogens is 1280 g/mol. The van der Waals surface area contributed by atoms with Crippen molar-refractivity contribution in [3.63, 3.8) is 0 Å². The Morgan fingerprint density at radius 3 is 1.74 bits per heavy atom. The third-order valence-corrected chi connectivity index (χ3v) is 16.3. The molecule has 1 atom stereocenters. The van der Waals surface area contributed by atoms with Crippen molar-refractivity contribution in [1.82, 2.24) is 38.7 Å². The SMILES string of the molecule is [2H]c1c([2H])c(C([2H])([2H])N(CCN(C([2H])([2H])C)C([2H])([2H])C)C(=O)Cn2c(SC([2H])([2H])c3ccc(F)cc3)nc(=O)c3c2C([2H])([2H])C([2H])([2H])C3([2H])[2H])c([2H])c([2H])c1-c1c([2H])c([2H])c(C(F)(F)F)c(C)c1[2H].[2H]c1c([2H])c(C([2H])([2H])Sc2nc(=O)c3c(n2CC(=O)N(CCN(C([2H])([2H])C)C([2H])([2H])C)C([2H])(C)c2ccc(-c4ccc(C(F)(F)F)cc4)cc2)CCC3)c([2H])c([2H])c1F. The zero-order valence-corrected chi connectivity index (χ0v) is 53.5. The van der Waals surface area contributed by atoms with Gasteiger partial charge in [-0.2, -0.15) is 36.3 Å². The summed E-state index contributed by atoms with van der Waals surface area (Å²) in [5, 5.41) is -1.35. The lowest BCUT2D eigenvalue weighted by Crippen LogP contribution is -2.42. The van der Waals surface area contributed by atoms with Gasteiger partial charge in [0.15, 0.2) is 10.3 Å². The fourth-order valence-electron chi connectivity index (χ4n) is 9.73. The van der Waals surface area contributed by atoms with Gasteiger partial charge in [0, 0.05) is 91.3 Å². The first kappa shape index (κ1) is 40.7. The highest BCUT2D eigenvalue weighted by molar-refractivity contribution is 7.98. The monoisotopic (exact) mass is 1390 g/mol. The van der Waals surface area contributed by atoms with Crippen LogP contribution >= 0.6 is 23.5 Å². The molecule has 2 aliphatic rings. The topological polar surface area (TPSA) is 117 Å². The van der Waals surface area contributed by atoms with Crippen LogP contribution in [0.1, 0.15) is 159 Å². The number of fused-ring (bicyclic) bond motifs is 2. The highest BCUT2D eigenvalue weighted by Gasteiger charge is 2.34. The van der Waals surface area contributed by atoms with E-state index >= 15 is 0 Å². The summed E-state index contributed by atoms with van der Waals surface area (Å²) in [4.78, 5) is 66.7. The third-order valence-electron chi connectivity index (χ3n) is 14.7. The van der Waals surface area contributed by atoms with Crippen molar-refractivity contribution in [2.75, 3.05) is 52.2 Å². The number of aromatic nitrogens is 4. The minimum atomic E-state index is -5.25. The van der Waals surface area contributed by atoms with Crippen LogP contribution in [0.4, 0.5) is 35.1 Å². The van der Waals surface area contributed by atoms with Crippen LogP contribution in [-0.4, -0.2) is 103 Å². The maximum Gasteiger partial charge on any atom is 0.416 e. The molecule has 0 spiro atoms. The Bertz CT molecular complexity index is 5680. The molecule has 0 N–H and O–H groups in total. The predicted molar refractivity (Wildman–Crippen MR) is 363 cm³/mol. The zero-order valence-electron chi connectivity index (χ0n) is 83.8. The highest BCUT2D eigenvalue weighted by Crippen LogP contribution is 2.36. The lowest BCUT2D eigenvalue weighted by Gasteiger charge is -2.33. The largest absolute Gasteiger partial charge is 0.416 e. The lowest BCUT2D eigenvalue weighted by atomic mass is 9.98. The number of carbonyl (C=O) groups excluding carboxylic acids is 2. The summed E-state index contributed by atoms with van der Waals surface area (Å²) in [6.07, 6.45) is -19.5. The molecule has 508 valence electrons. The summed E-state index contributed by atoms with van der Waals surface area (Å²) in [5.74, 6) is -4.78. The van der Waals surface area contributed by atoms with Crippen LogP contribution in [0.3, 0.4) is 0 Å². The summed E-state index contributed by atoms with van der Waals surface area (Å²) < 4.78 is 385. The normalized spacial score (nSPS) is 21.0. The van der Waals surface area contributed by atoms with Gasteiger partial charge in [-0.25, -0.2) is 8.78 Å². The Balaban J connectivity index is 0.000000292. The molecular formula is C74H80F8N8O4S2. The minimum absolute atomic E-state index is 0.0268. The van der Waals surface area contributed by atoms with Crippen molar-refractivity contribution in [1.29, 1.82) is 0 Å². The van der Waals surface area contributed by atoms with Crippen LogP contribution in [0.25, 0.3) is 22.3 Å². The molecule has 0 saturated heterocycles. The Kier molecular flexibility index (Phi) is 13.9. The summed E-state index contributed by atoms with van der Waals surface area (Å²) in [6, 6.07) is -1.32. The number of halogens is 8. The van der Waals surface area contributed by atoms with Crippen LogP contribution < -0.4 is 11.1 Å². The van der Waals surface area contributed by atoms with E-state index in [1.54, 1.807) is 12.1 Å². The predicted octanol–water partition coefficient (Wildman–Crippen LogP) is 15.3. The van der Waals surface area contributed by atoms with E-state index in [0.29, 0.717) is 32.7 Å². The van der Waals surface area contributed by atoms with Crippen molar-refractivity contribution in [3.8, 4) is 22.3 Å². The number of nitrogens with zero attached hydrogens (tertiary/aromatic N) is 8. The maximum atomic E-state index is 15.0. The number of hydrogen-bond donors (Lipinski definition) is 0. The van der Waals surface area contributed by atoms with Gasteiger partial charge in [-0.1, -0.05) is 148 Å². The fourth-order valence-corrected chi connectivity index (χ4v) is 11.2. The molecule has 8 aromatic rings. The number of thioether (sulfide) groups is 2. The first-order valence-electron chi connectivity index (χ1n) is 45.0. The van der Waals surface area contributed by atoms with Gasteiger partial charge < -0.3 is 28.7 Å². The van der Waals surface area contributed by atoms with Gasteiger partial charge in [-0.15, -0.1) is 0 Å². The summed E-state index contributed by atoms with van der Waals surface area (Å²) >= 11 is 0.183. The van der Waals surface area contributed by atoms with Gasteiger partial charge >= 0.3 is 12.4 Å². The van der Waals surface area contributed by atoms with Crippen LogP contribution in [0.5, 0.6) is 0 Å². The second-order valence-corrected chi connectivity index (χ2v) is 22.2. The maximum absolute atomic E-state index is 15.0. The van der Waals surface area contributed by atoms with E-state index in [1.165, 1.54) is 35.8 Å². The second-order valence-electron chi connectivity index (χ2n) is 20.7. The van der Waals surface area contributed by atoms with Crippen molar-refractivity contribution < 1.29 is 88.6 Å². The molecule has 1 unspecified atom stereocenters. The van der Waals surface area contributed by atoms with Gasteiger partial charge in [0.05, 0.1) is 36.3 Å². The average molecular weight is 1390 g/mol. The number of carbonyl (C=O) groups is 2. The van der Waals surface area contributed by atoms with E-state index < -0.39 is 277 Å². The second kappa shape index (κ2) is 32.9. The molecule has 12 nitrogen and oxygen atoms in total. The van der Waals surface area contributed by atoms with Crippen molar-refractivity contribution in [2.45, 2.75) is 140 Å². The third kappa shape index (κ3) is 18.6. The number of alkyl halides is 6. The Morgan fingerprint density at radius 2 is 1.15 bits per heavy atom. The lowest BCUT2D eigenvalue weighted by molar-refractivity contribution is -0.138. The molecule has 2 heterocycles. The summed E-state index contributed by atoms with van der Waals surface area (Å²) in [7, 11) is 0. The molecule has 0 fully saturated rings. The van der Waals surface area contributed by atoms with Crippen LogP contribution in [0.15, 0.2) is 159 Å². The summed E-state index contributed by atoms with van der Waals surface area (Å²) in [6.45, 7) is -12.5. The van der Waals surface area contributed by atoms with Crippen molar-refractivity contribution >= 4 is 35.3 Å². The van der Waals surface area contributed by atoms with Crippen LogP contribution in [0.2, 0.25) is 0 Å². The molecule has 2 amide bonds. The molecule has 10 rings (SSSR count). The molecule has 0 radical (unpaired) electrons. The standard InChI is InChI=1S/2C37H40F4N4O2S/c1-4-43(5-2)21-22-44(25(3)27-11-13-28(14-12-27)29-15-17-30(18-16-29)37(39,40)41)34(46)23-45-33-8-6-7-32(33)35(47)42-36(45)48-24-26-9-19-31(38)20-10-26;1-4-43(5-2)19-20-44(22-26-9-13-28(14-10-26)29-15-18-32(25(3)21-29)37(39,40)41)34(46)23-45-33-8-6-7-31(33)35(47)42-36(45)48-24-27-11-16-30(38)17-12-27/h9-20,25H,4-8,21-24H2,1-3H3;9-18,21H,4-8,19-20,22-24H2,1-3H3/i4D2,5D2,9D,10D,19D,20D,24D2,25D;4D2,5D2,6D2,7D2,8D2,9D,10D,13D,14D,15D,18D,21D,22D2,24D2. The molecule has 96 heavy (non-hydrogen) atoms. The first-order valence-corrected chi connectivity index (χ1v) is 30.6. The van der Waals surface area contributed by atoms with E-state index in [0.717, 1.165) is 80.8 Å². The molecule has 2 aromatic heterocycles. The molecule has 0 bridgehead atoms. The van der Waals surface area contributed by atoms with Crippen molar-refractivity contribution in [2.24, 2.45) is 0 Å². The first-order chi connectivity index (χ1) is 58.1. The molecule has 6 aromatic carbocycles. The Morgan fingerprint density at radius 1 is 0.604 bits per heavy atom. The molecule has 0 saturated carbocycles. The quantitative estimate of drug-likeness (QED) is 0.0295. The number of hydrogen-bond acceptors (Lipinski definition) is 10. The van der Waals surface area contributed by atoms with E-state index in [1.807, 2.05) is 0 Å². The average Bonchev–Trinajstić information content (AvgIpc) is 1.51. The van der Waals surface area contributed by atoms with Gasteiger partial charge in [0.25, 0.3) is 11.1 Å². The van der Waals surface area contributed by atoms with Gasteiger partial charge in [-0.3, -0.25) is 19.2 Å². The van der Waals surface area contributed by atoms with Crippen LogP contribution in [0, 0.1) is 18.6 Å². The molecule has 2 aliphatic carbocycles.